The van der Waals surface area contributed by atoms with Crippen molar-refractivity contribution in [3.63, 3.8) is 0 Å². The lowest BCUT2D eigenvalue weighted by molar-refractivity contribution is -0.118. The van der Waals surface area contributed by atoms with E-state index in [-0.39, 0.29) is 11.4 Å². The molecule has 0 bridgehead atoms. The van der Waals surface area contributed by atoms with Crippen molar-refractivity contribution < 1.29 is 27.6 Å². The summed E-state index contributed by atoms with van der Waals surface area (Å²) in [5.74, 6) is -2.15. The van der Waals surface area contributed by atoms with Crippen LogP contribution in [0, 0.1) is 0 Å². The fourth-order valence-electron chi connectivity index (χ4n) is 3.31. The first kappa shape index (κ1) is 33.8. The molecule has 0 aromatic heterocycles. The maximum atomic E-state index is 13.5. The Bertz CT molecular complexity index is 1360. The zero-order valence-electron chi connectivity index (χ0n) is 24.7. The van der Waals surface area contributed by atoms with Crippen LogP contribution >= 0.6 is 21.6 Å². The topological polar surface area (TPSA) is 151 Å². The molecule has 0 saturated heterocycles. The summed E-state index contributed by atoms with van der Waals surface area (Å²) in [7, 11) is -2.12. The number of amides is 4. The molecular formula is C28H36N4O6S4. The highest BCUT2D eigenvalue weighted by atomic mass is 33.1. The summed E-state index contributed by atoms with van der Waals surface area (Å²) >= 11 is 0. The van der Waals surface area contributed by atoms with Crippen LogP contribution in [-0.2, 0) is 38.8 Å². The number of para-hydroxylation sites is 4. The molecule has 228 valence electrons. The Morgan fingerprint density at radius 3 is 0.976 bits per heavy atom. The molecule has 0 spiro atoms. The average Bonchev–Trinajstić information content (AvgIpc) is 2.89. The van der Waals surface area contributed by atoms with Crippen molar-refractivity contribution in [2.24, 2.45) is 0 Å². The molecule has 2 aromatic rings. The maximum absolute atomic E-state index is 13.5. The van der Waals surface area contributed by atoms with E-state index in [1.54, 1.807) is 76.2 Å². The first-order valence-electron chi connectivity index (χ1n) is 13.0. The molecule has 42 heavy (non-hydrogen) atoms. The van der Waals surface area contributed by atoms with E-state index in [0.717, 1.165) is 21.6 Å². The second-order valence-electron chi connectivity index (χ2n) is 11.6. The summed E-state index contributed by atoms with van der Waals surface area (Å²) in [4.78, 5) is 53.5. The van der Waals surface area contributed by atoms with Gasteiger partial charge in [-0.15, -0.1) is 0 Å². The highest BCUT2D eigenvalue weighted by molar-refractivity contribution is 8.70. The van der Waals surface area contributed by atoms with Gasteiger partial charge in [-0.3, -0.25) is 19.2 Å². The number of anilines is 4. The Labute approximate surface area is 258 Å². The standard InChI is InChI=1S/C28H36N4O6S4/c1-25(2)21(33)29-17-13-9-10-14-18(17)30-22(34)26(3,4)40-42(38)28(7,8)24(36)32-20-16-12-11-15-19(20)31-23(35)27(5,6)41(37)39-25/h9-16H,1-8H3,(H,29,33)(H,30,34)(H,31,35)(H,32,36). The lowest BCUT2D eigenvalue weighted by Gasteiger charge is -2.30. The molecule has 2 atom stereocenters. The molecular weight excluding hydrogens is 617 g/mol. The van der Waals surface area contributed by atoms with Crippen molar-refractivity contribution in [3.8, 4) is 0 Å². The molecule has 0 radical (unpaired) electrons. The molecule has 4 N–H and O–H groups in total. The minimum absolute atomic E-state index is 0.253. The Kier molecular flexibility index (Phi) is 10.1. The summed E-state index contributed by atoms with van der Waals surface area (Å²) in [5, 5.41) is 11.1. The van der Waals surface area contributed by atoms with Crippen LogP contribution in [0.5, 0.6) is 0 Å². The van der Waals surface area contributed by atoms with Crippen LogP contribution in [0.1, 0.15) is 55.4 Å². The minimum Gasteiger partial charge on any atom is -0.323 e. The third-order valence-electron chi connectivity index (χ3n) is 6.44. The minimum atomic E-state index is -1.89. The number of carbonyl (C=O) groups excluding carboxylic acids is 4. The zero-order valence-corrected chi connectivity index (χ0v) is 28.0. The van der Waals surface area contributed by atoms with Crippen LogP contribution in [-0.4, -0.2) is 51.0 Å². The molecule has 3 rings (SSSR count). The summed E-state index contributed by atoms with van der Waals surface area (Å²) in [6, 6.07) is 13.1. The average molecular weight is 653 g/mol. The SMILES string of the molecule is CC1(C)SS(=O)C(C)(C)C(=O)Nc2ccccc2NC(=O)C(C)(C)S(=O)SC(C)(C)C(=O)Nc2ccccc2NC1=O. The number of rotatable bonds is 0. The first-order chi connectivity index (χ1) is 19.3. The van der Waals surface area contributed by atoms with Gasteiger partial charge in [0, 0.05) is 0 Å². The number of fused-ring (bicyclic) bond motifs is 2. The monoisotopic (exact) mass is 652 g/mol. The number of carbonyl (C=O) groups is 4. The summed E-state index contributed by atoms with van der Waals surface area (Å²) in [6.07, 6.45) is 0. The van der Waals surface area contributed by atoms with Gasteiger partial charge in [0.1, 0.15) is 19.0 Å². The highest BCUT2D eigenvalue weighted by Gasteiger charge is 2.43. The normalized spacial score (nSPS) is 24.5. The molecule has 1 heterocycles. The Balaban J connectivity index is 2.08. The Hall–Kier alpha value is -2.68. The van der Waals surface area contributed by atoms with Crippen LogP contribution in [0.3, 0.4) is 0 Å². The molecule has 1 aliphatic rings. The van der Waals surface area contributed by atoms with Gasteiger partial charge in [0.2, 0.25) is 23.6 Å². The van der Waals surface area contributed by atoms with E-state index in [9.17, 15) is 27.6 Å². The van der Waals surface area contributed by atoms with Gasteiger partial charge in [-0.2, -0.15) is 0 Å². The zero-order chi connectivity index (χ0) is 31.7. The van der Waals surface area contributed by atoms with Gasteiger partial charge in [-0.1, -0.05) is 24.3 Å². The predicted molar refractivity (Wildman–Crippen MR) is 175 cm³/mol. The van der Waals surface area contributed by atoms with Crippen molar-refractivity contribution in [1.29, 1.82) is 0 Å². The van der Waals surface area contributed by atoms with Crippen LogP contribution in [0.4, 0.5) is 22.7 Å². The van der Waals surface area contributed by atoms with E-state index in [4.69, 9.17) is 0 Å². The summed E-state index contributed by atoms with van der Waals surface area (Å²) < 4.78 is 21.6. The van der Waals surface area contributed by atoms with E-state index < -0.39 is 62.3 Å². The van der Waals surface area contributed by atoms with Gasteiger partial charge < -0.3 is 21.3 Å². The van der Waals surface area contributed by atoms with Crippen molar-refractivity contribution in [1.82, 2.24) is 0 Å². The molecule has 14 heteroatoms. The molecule has 4 amide bonds. The molecule has 2 unspecified atom stereocenters. The Morgan fingerprint density at radius 2 is 0.714 bits per heavy atom. The third-order valence-corrected chi connectivity index (χ3v) is 15.9. The first-order valence-corrected chi connectivity index (χ1v) is 17.9. The van der Waals surface area contributed by atoms with Gasteiger partial charge in [0.05, 0.1) is 42.4 Å². The number of nitrogens with one attached hydrogen (secondary N) is 4. The molecule has 0 fully saturated rings. The molecule has 10 nitrogen and oxygen atoms in total. The van der Waals surface area contributed by atoms with Crippen molar-refractivity contribution >= 4 is 87.6 Å². The van der Waals surface area contributed by atoms with Gasteiger partial charge in [0.15, 0.2) is 0 Å². The maximum Gasteiger partial charge on any atom is 0.243 e. The van der Waals surface area contributed by atoms with E-state index in [2.05, 4.69) is 21.3 Å². The van der Waals surface area contributed by atoms with Crippen LogP contribution in [0.2, 0.25) is 0 Å². The van der Waals surface area contributed by atoms with Gasteiger partial charge in [-0.05, 0) is 101 Å². The van der Waals surface area contributed by atoms with E-state index in [1.165, 1.54) is 27.7 Å². The summed E-state index contributed by atoms with van der Waals surface area (Å²) in [5.41, 5.74) is 1.12. The van der Waals surface area contributed by atoms with Crippen LogP contribution in [0.15, 0.2) is 48.5 Å². The Morgan fingerprint density at radius 1 is 0.476 bits per heavy atom. The number of benzene rings is 2. The molecule has 1 aliphatic heterocycles. The lowest BCUT2D eigenvalue weighted by Crippen LogP contribution is -2.44. The second-order valence-corrected chi connectivity index (χ2v) is 19.8. The number of hydrogen-bond acceptors (Lipinski definition) is 8. The fourth-order valence-corrected chi connectivity index (χ4v) is 9.57. The summed E-state index contributed by atoms with van der Waals surface area (Å²) in [6.45, 7) is 12.4. The van der Waals surface area contributed by atoms with E-state index in [0.29, 0.717) is 11.4 Å². The molecule has 0 saturated carbocycles. The molecule has 0 aliphatic carbocycles. The second kappa shape index (κ2) is 12.5. The predicted octanol–water partition coefficient (Wildman–Crippen LogP) is 5.06. The smallest absolute Gasteiger partial charge is 0.243 e. The fraction of sp³-hybridized carbons (Fsp3) is 0.429. The molecule has 2 aromatic carbocycles. The van der Waals surface area contributed by atoms with Gasteiger partial charge in [0.25, 0.3) is 0 Å². The van der Waals surface area contributed by atoms with Crippen LogP contribution < -0.4 is 21.3 Å². The van der Waals surface area contributed by atoms with Crippen molar-refractivity contribution in [2.45, 2.75) is 74.4 Å². The van der Waals surface area contributed by atoms with Crippen molar-refractivity contribution in [3.05, 3.63) is 48.5 Å². The quantitative estimate of drug-likeness (QED) is 0.289. The largest absolute Gasteiger partial charge is 0.323 e. The van der Waals surface area contributed by atoms with Crippen LogP contribution in [0.25, 0.3) is 0 Å². The highest BCUT2D eigenvalue weighted by Crippen LogP contribution is 2.39. The van der Waals surface area contributed by atoms with E-state index in [1.807, 2.05) is 0 Å². The lowest BCUT2D eigenvalue weighted by atomic mass is 10.1. The number of hydrogen-bond donors (Lipinski definition) is 4. The van der Waals surface area contributed by atoms with Gasteiger partial charge >= 0.3 is 0 Å². The third kappa shape index (κ3) is 7.44. The van der Waals surface area contributed by atoms with Crippen molar-refractivity contribution in [2.75, 3.05) is 21.3 Å². The van der Waals surface area contributed by atoms with Gasteiger partial charge in [-0.25, -0.2) is 8.42 Å². The van der Waals surface area contributed by atoms with E-state index >= 15 is 0 Å².